The first kappa shape index (κ1) is 15.8. The Hall–Kier alpha value is -1.55. The maximum Gasteiger partial charge on any atom is 0.253 e. The molecule has 4 heteroatoms. The third-order valence-corrected chi connectivity index (χ3v) is 4.29. The lowest BCUT2D eigenvalue weighted by Gasteiger charge is -2.31. The van der Waals surface area contributed by atoms with E-state index in [0.717, 1.165) is 18.8 Å². The first-order valence-corrected chi connectivity index (χ1v) is 7.92. The van der Waals surface area contributed by atoms with Crippen molar-refractivity contribution in [2.45, 2.75) is 32.7 Å². The van der Waals surface area contributed by atoms with Gasteiger partial charge >= 0.3 is 0 Å². The van der Waals surface area contributed by atoms with Gasteiger partial charge in [-0.25, -0.2) is 0 Å². The Bertz CT molecular complexity index is 467. The molecule has 0 bridgehead atoms. The summed E-state index contributed by atoms with van der Waals surface area (Å²) in [5, 5.41) is 6.18. The van der Waals surface area contributed by atoms with Crippen LogP contribution < -0.4 is 10.6 Å². The second-order valence-electron chi connectivity index (χ2n) is 6.06. The lowest BCUT2D eigenvalue weighted by molar-refractivity contribution is 0.0928. The van der Waals surface area contributed by atoms with Crippen molar-refractivity contribution in [2.75, 3.05) is 32.0 Å². The van der Waals surface area contributed by atoms with Crippen molar-refractivity contribution in [2.24, 2.45) is 5.92 Å². The smallest absolute Gasteiger partial charge is 0.253 e. The van der Waals surface area contributed by atoms with Gasteiger partial charge in [0.15, 0.2) is 0 Å². The fraction of sp³-hybridized carbons (Fsp3) is 0.588. The zero-order chi connectivity index (χ0) is 15.2. The second-order valence-corrected chi connectivity index (χ2v) is 6.06. The third-order valence-electron chi connectivity index (χ3n) is 4.29. The highest BCUT2D eigenvalue weighted by molar-refractivity contribution is 5.99. The van der Waals surface area contributed by atoms with Crippen molar-refractivity contribution >= 4 is 11.6 Å². The zero-order valence-electron chi connectivity index (χ0n) is 13.4. The fourth-order valence-corrected chi connectivity index (χ4v) is 3.05. The molecule has 0 radical (unpaired) electrons. The van der Waals surface area contributed by atoms with E-state index in [-0.39, 0.29) is 5.91 Å². The third kappa shape index (κ3) is 3.97. The van der Waals surface area contributed by atoms with Crippen LogP contribution in [-0.4, -0.2) is 43.5 Å². The van der Waals surface area contributed by atoms with E-state index in [0.29, 0.717) is 24.1 Å². The summed E-state index contributed by atoms with van der Waals surface area (Å²) in [5.41, 5.74) is 1.58. The number of hydrogen-bond donors (Lipinski definition) is 2. The van der Waals surface area contributed by atoms with Crippen molar-refractivity contribution in [3.05, 3.63) is 29.8 Å². The molecule has 1 unspecified atom stereocenters. The highest BCUT2D eigenvalue weighted by Gasteiger charge is 2.25. The number of nitrogens with zero attached hydrogens (tertiary/aromatic N) is 1. The van der Waals surface area contributed by atoms with E-state index in [9.17, 15) is 4.79 Å². The molecule has 21 heavy (non-hydrogen) atoms. The van der Waals surface area contributed by atoms with E-state index in [2.05, 4.69) is 29.4 Å². The first-order valence-electron chi connectivity index (χ1n) is 7.92. The molecule has 0 aromatic heterocycles. The number of benzene rings is 1. The number of rotatable bonds is 6. The molecule has 2 rings (SSSR count). The molecule has 0 aliphatic carbocycles. The minimum Gasteiger partial charge on any atom is -0.387 e. The van der Waals surface area contributed by atoms with Gasteiger partial charge in [0.05, 0.1) is 5.56 Å². The van der Waals surface area contributed by atoms with Gasteiger partial charge in [0, 0.05) is 25.3 Å². The Balaban J connectivity index is 1.98. The highest BCUT2D eigenvalue weighted by Crippen LogP contribution is 2.18. The number of hydrogen-bond acceptors (Lipinski definition) is 3. The van der Waals surface area contributed by atoms with Crippen LogP contribution in [0.2, 0.25) is 0 Å². The molecule has 1 aliphatic rings. The van der Waals surface area contributed by atoms with E-state index >= 15 is 0 Å². The van der Waals surface area contributed by atoms with Gasteiger partial charge in [0.1, 0.15) is 0 Å². The average molecular weight is 289 g/mol. The highest BCUT2D eigenvalue weighted by atomic mass is 16.1. The number of anilines is 1. The molecular formula is C17H27N3O. The van der Waals surface area contributed by atoms with Crippen molar-refractivity contribution in [1.29, 1.82) is 0 Å². The molecule has 2 N–H and O–H groups in total. The Morgan fingerprint density at radius 1 is 1.24 bits per heavy atom. The quantitative estimate of drug-likeness (QED) is 0.846. The number of para-hydroxylation sites is 1. The monoisotopic (exact) mass is 289 g/mol. The SMILES string of the molecule is CNc1ccccc1C(=O)NCC(C(C)C)N1CCCC1. The van der Waals surface area contributed by atoms with Crippen LogP contribution >= 0.6 is 0 Å². The summed E-state index contributed by atoms with van der Waals surface area (Å²) in [6.07, 6.45) is 2.56. The van der Waals surface area contributed by atoms with Gasteiger partial charge in [-0.3, -0.25) is 9.69 Å². The number of amides is 1. The van der Waals surface area contributed by atoms with Gasteiger partial charge in [-0.05, 0) is 44.0 Å². The lowest BCUT2D eigenvalue weighted by atomic mass is 10.0. The lowest BCUT2D eigenvalue weighted by Crippen LogP contribution is -2.45. The van der Waals surface area contributed by atoms with Crippen molar-refractivity contribution in [3.63, 3.8) is 0 Å². The van der Waals surface area contributed by atoms with E-state index in [1.807, 2.05) is 31.3 Å². The zero-order valence-corrected chi connectivity index (χ0v) is 13.4. The Kier molecular flexibility index (Phi) is 5.62. The molecule has 4 nitrogen and oxygen atoms in total. The minimum absolute atomic E-state index is 0.00444. The van der Waals surface area contributed by atoms with E-state index < -0.39 is 0 Å². The van der Waals surface area contributed by atoms with Crippen LogP contribution in [-0.2, 0) is 0 Å². The molecule has 1 amide bonds. The minimum atomic E-state index is 0.00444. The van der Waals surface area contributed by atoms with E-state index in [1.165, 1.54) is 12.8 Å². The van der Waals surface area contributed by atoms with Crippen molar-refractivity contribution in [3.8, 4) is 0 Å². The largest absolute Gasteiger partial charge is 0.387 e. The standard InChI is InChI=1S/C17H27N3O/c1-13(2)16(20-10-6-7-11-20)12-19-17(21)14-8-4-5-9-15(14)18-3/h4-5,8-9,13,16,18H,6-7,10-12H2,1-3H3,(H,19,21). The molecule has 1 saturated heterocycles. The Labute approximate surface area is 127 Å². The van der Waals surface area contributed by atoms with Gasteiger partial charge in [0.25, 0.3) is 5.91 Å². The predicted molar refractivity (Wildman–Crippen MR) is 87.8 cm³/mol. The van der Waals surface area contributed by atoms with Gasteiger partial charge in [0.2, 0.25) is 0 Å². The Morgan fingerprint density at radius 3 is 2.52 bits per heavy atom. The van der Waals surface area contributed by atoms with Crippen LogP contribution in [0.25, 0.3) is 0 Å². The van der Waals surface area contributed by atoms with Gasteiger partial charge in [-0.2, -0.15) is 0 Å². The molecule has 1 fully saturated rings. The summed E-state index contributed by atoms with van der Waals surface area (Å²) >= 11 is 0. The number of carbonyl (C=O) groups excluding carboxylic acids is 1. The molecule has 1 aromatic carbocycles. The summed E-state index contributed by atoms with van der Waals surface area (Å²) < 4.78 is 0. The van der Waals surface area contributed by atoms with Gasteiger partial charge in [-0.1, -0.05) is 26.0 Å². The maximum atomic E-state index is 12.4. The fourth-order valence-electron chi connectivity index (χ4n) is 3.05. The van der Waals surface area contributed by atoms with E-state index in [4.69, 9.17) is 0 Å². The first-order chi connectivity index (χ1) is 10.1. The summed E-state index contributed by atoms with van der Waals surface area (Å²) in [7, 11) is 1.84. The number of carbonyl (C=O) groups is 1. The molecule has 1 atom stereocenters. The van der Waals surface area contributed by atoms with Crippen LogP contribution in [0.5, 0.6) is 0 Å². The predicted octanol–water partition coefficient (Wildman–Crippen LogP) is 2.58. The average Bonchev–Trinajstić information content (AvgIpc) is 3.01. The van der Waals surface area contributed by atoms with Crippen molar-refractivity contribution < 1.29 is 4.79 Å². The van der Waals surface area contributed by atoms with Crippen LogP contribution in [0.3, 0.4) is 0 Å². The van der Waals surface area contributed by atoms with Crippen molar-refractivity contribution in [1.82, 2.24) is 10.2 Å². The van der Waals surface area contributed by atoms with Gasteiger partial charge in [-0.15, -0.1) is 0 Å². The maximum absolute atomic E-state index is 12.4. The van der Waals surface area contributed by atoms with E-state index in [1.54, 1.807) is 0 Å². The summed E-state index contributed by atoms with van der Waals surface area (Å²) in [4.78, 5) is 14.9. The second kappa shape index (κ2) is 7.46. The Morgan fingerprint density at radius 2 is 1.90 bits per heavy atom. The molecular weight excluding hydrogens is 262 g/mol. The normalized spacial score (nSPS) is 17.0. The number of nitrogens with one attached hydrogen (secondary N) is 2. The molecule has 1 heterocycles. The topological polar surface area (TPSA) is 44.4 Å². The summed E-state index contributed by atoms with van der Waals surface area (Å²) in [6, 6.07) is 8.05. The molecule has 1 aliphatic heterocycles. The van der Waals surface area contributed by atoms with Crippen LogP contribution in [0.4, 0.5) is 5.69 Å². The van der Waals surface area contributed by atoms with Crippen LogP contribution in [0.1, 0.15) is 37.0 Å². The van der Waals surface area contributed by atoms with Crippen LogP contribution in [0.15, 0.2) is 24.3 Å². The molecule has 0 saturated carbocycles. The molecule has 1 aromatic rings. The summed E-state index contributed by atoms with van der Waals surface area (Å²) in [6.45, 7) is 7.50. The summed E-state index contributed by atoms with van der Waals surface area (Å²) in [5.74, 6) is 0.549. The molecule has 116 valence electrons. The van der Waals surface area contributed by atoms with Gasteiger partial charge < -0.3 is 10.6 Å². The van der Waals surface area contributed by atoms with Crippen LogP contribution in [0, 0.1) is 5.92 Å². The number of likely N-dealkylation sites (tertiary alicyclic amines) is 1. The molecule has 0 spiro atoms.